The maximum atomic E-state index is 11.2. The van der Waals surface area contributed by atoms with Crippen molar-refractivity contribution in [3.05, 3.63) is 28.7 Å². The number of hydrogen-bond acceptors (Lipinski definition) is 4. The Labute approximate surface area is 87.9 Å². The highest BCUT2D eigenvalue weighted by Crippen LogP contribution is 2.04. The summed E-state index contributed by atoms with van der Waals surface area (Å²) in [5.41, 5.74) is -0.216. The number of sulfone groups is 1. The molecule has 4 nitrogen and oxygen atoms in total. The van der Waals surface area contributed by atoms with Gasteiger partial charge in [0, 0.05) is 30.8 Å². The van der Waals surface area contributed by atoms with Crippen LogP contribution in [0, 0.1) is 0 Å². The molecule has 6 heteroatoms. The fourth-order valence-electron chi connectivity index (χ4n) is 1.01. The summed E-state index contributed by atoms with van der Waals surface area (Å²) in [5.74, 6) is 0.493. The molecular formula is C8H11NO3S2. The Morgan fingerprint density at radius 3 is 2.57 bits per heavy atom. The summed E-state index contributed by atoms with van der Waals surface area (Å²) < 4.78 is 23.7. The van der Waals surface area contributed by atoms with Gasteiger partial charge in [0.15, 0.2) is 9.84 Å². The Bertz CT molecular complexity index is 476. The zero-order valence-electron chi connectivity index (χ0n) is 7.67. The lowest BCUT2D eigenvalue weighted by atomic mass is 10.4. The molecule has 0 saturated carbocycles. The molecule has 0 spiro atoms. The van der Waals surface area contributed by atoms with Gasteiger partial charge in [0.05, 0.1) is 4.90 Å². The van der Waals surface area contributed by atoms with Crippen molar-refractivity contribution in [3.8, 4) is 0 Å². The van der Waals surface area contributed by atoms with Crippen molar-refractivity contribution in [2.75, 3.05) is 12.0 Å². The van der Waals surface area contributed by atoms with Crippen LogP contribution < -0.4 is 5.56 Å². The summed E-state index contributed by atoms with van der Waals surface area (Å²) in [6, 6.07) is 2.56. The van der Waals surface area contributed by atoms with Crippen LogP contribution in [-0.2, 0) is 16.4 Å². The van der Waals surface area contributed by atoms with Crippen molar-refractivity contribution in [1.29, 1.82) is 0 Å². The molecule has 1 heterocycles. The minimum absolute atomic E-state index is 0.152. The van der Waals surface area contributed by atoms with Gasteiger partial charge in [-0.25, -0.2) is 8.42 Å². The predicted molar refractivity (Wildman–Crippen MR) is 57.7 cm³/mol. The number of nitrogens with zero attached hydrogens (tertiary/aromatic N) is 1. The second kappa shape index (κ2) is 4.18. The van der Waals surface area contributed by atoms with Gasteiger partial charge in [0.2, 0.25) is 0 Å². The van der Waals surface area contributed by atoms with Crippen molar-refractivity contribution >= 4 is 22.5 Å². The molecule has 14 heavy (non-hydrogen) atoms. The quantitative estimate of drug-likeness (QED) is 0.758. The fraction of sp³-hybridized carbons (Fsp3) is 0.375. The highest BCUT2D eigenvalue weighted by Gasteiger charge is 2.08. The van der Waals surface area contributed by atoms with Gasteiger partial charge >= 0.3 is 0 Å². The second-order valence-corrected chi connectivity index (χ2v) is 5.36. The number of aromatic nitrogens is 1. The number of aryl methyl sites for hydroxylation is 1. The Kier molecular flexibility index (Phi) is 3.38. The molecular weight excluding hydrogens is 222 g/mol. The van der Waals surface area contributed by atoms with Crippen LogP contribution in [0.15, 0.2) is 28.0 Å². The number of pyridine rings is 1. The van der Waals surface area contributed by atoms with Crippen LogP contribution in [0.4, 0.5) is 0 Å². The van der Waals surface area contributed by atoms with Gasteiger partial charge in [-0.1, -0.05) is 0 Å². The van der Waals surface area contributed by atoms with E-state index in [1.165, 1.54) is 22.9 Å². The van der Waals surface area contributed by atoms with Crippen molar-refractivity contribution < 1.29 is 8.42 Å². The molecule has 78 valence electrons. The standard InChI is InChI=1S/C8H11NO3S2/c1-14(11,12)7-2-3-8(10)9(6-7)4-5-13/h2-3,6,13H,4-5H2,1H3. The Balaban J connectivity index is 3.27. The first kappa shape index (κ1) is 11.3. The molecule has 0 saturated heterocycles. The fourth-order valence-corrected chi connectivity index (χ4v) is 1.86. The van der Waals surface area contributed by atoms with Crippen molar-refractivity contribution in [2.45, 2.75) is 11.4 Å². The zero-order valence-corrected chi connectivity index (χ0v) is 9.38. The van der Waals surface area contributed by atoms with E-state index in [4.69, 9.17) is 0 Å². The lowest BCUT2D eigenvalue weighted by Crippen LogP contribution is -2.20. The van der Waals surface area contributed by atoms with Gasteiger partial charge in [-0.15, -0.1) is 0 Å². The molecule has 0 N–H and O–H groups in total. The highest BCUT2D eigenvalue weighted by molar-refractivity contribution is 7.90. The monoisotopic (exact) mass is 233 g/mol. The van der Waals surface area contributed by atoms with E-state index in [1.807, 2.05) is 0 Å². The van der Waals surface area contributed by atoms with Gasteiger partial charge in [-0.3, -0.25) is 4.79 Å². The summed E-state index contributed by atoms with van der Waals surface area (Å²) in [4.78, 5) is 11.4. The highest BCUT2D eigenvalue weighted by atomic mass is 32.2. The molecule has 1 rings (SSSR count). The summed E-state index contributed by atoms with van der Waals surface area (Å²) in [5, 5.41) is 0. The molecule has 0 unspecified atom stereocenters. The van der Waals surface area contributed by atoms with Crippen molar-refractivity contribution in [1.82, 2.24) is 4.57 Å². The van der Waals surface area contributed by atoms with Gasteiger partial charge < -0.3 is 4.57 Å². The van der Waals surface area contributed by atoms with Crippen LogP contribution >= 0.6 is 12.6 Å². The molecule has 1 aromatic rings. The minimum atomic E-state index is -3.25. The predicted octanol–water partition coefficient (Wildman–Crippen LogP) is 0.182. The van der Waals surface area contributed by atoms with Gasteiger partial charge in [-0.05, 0) is 6.07 Å². The third-order valence-corrected chi connectivity index (χ3v) is 3.02. The lowest BCUT2D eigenvalue weighted by molar-refractivity contribution is 0.599. The third-order valence-electron chi connectivity index (χ3n) is 1.73. The van der Waals surface area contributed by atoms with E-state index in [1.54, 1.807) is 0 Å². The molecule has 1 aromatic heterocycles. The number of rotatable bonds is 3. The van der Waals surface area contributed by atoms with Crippen molar-refractivity contribution in [2.24, 2.45) is 0 Å². The molecule has 0 bridgehead atoms. The van der Waals surface area contributed by atoms with E-state index in [-0.39, 0.29) is 10.5 Å². The van der Waals surface area contributed by atoms with Crippen LogP contribution in [0.5, 0.6) is 0 Å². The first-order valence-corrected chi connectivity index (χ1v) is 6.49. The molecule has 0 atom stereocenters. The first-order valence-electron chi connectivity index (χ1n) is 3.96. The Morgan fingerprint density at radius 2 is 2.07 bits per heavy atom. The molecule has 0 aliphatic heterocycles. The van der Waals surface area contributed by atoms with Crippen LogP contribution in [0.25, 0.3) is 0 Å². The largest absolute Gasteiger partial charge is 0.313 e. The van der Waals surface area contributed by atoms with E-state index >= 15 is 0 Å². The minimum Gasteiger partial charge on any atom is -0.313 e. The molecule has 0 aromatic carbocycles. The number of thiol groups is 1. The maximum Gasteiger partial charge on any atom is 0.250 e. The van der Waals surface area contributed by atoms with E-state index in [2.05, 4.69) is 12.6 Å². The van der Waals surface area contributed by atoms with Crippen molar-refractivity contribution in [3.63, 3.8) is 0 Å². The summed E-state index contributed by atoms with van der Waals surface area (Å²) >= 11 is 3.98. The summed E-state index contributed by atoms with van der Waals surface area (Å²) in [7, 11) is -3.25. The Morgan fingerprint density at radius 1 is 1.43 bits per heavy atom. The first-order chi connectivity index (χ1) is 6.45. The van der Waals surface area contributed by atoms with Gasteiger partial charge in [-0.2, -0.15) is 12.6 Å². The van der Waals surface area contributed by atoms with Crippen LogP contribution in [0.1, 0.15) is 0 Å². The zero-order chi connectivity index (χ0) is 10.8. The smallest absolute Gasteiger partial charge is 0.250 e. The van der Waals surface area contributed by atoms with Crippen LogP contribution in [0.3, 0.4) is 0 Å². The van der Waals surface area contributed by atoms with E-state index in [9.17, 15) is 13.2 Å². The molecule has 0 radical (unpaired) electrons. The van der Waals surface area contributed by atoms with E-state index in [0.717, 1.165) is 6.26 Å². The van der Waals surface area contributed by atoms with Crippen LogP contribution in [0.2, 0.25) is 0 Å². The van der Waals surface area contributed by atoms with E-state index in [0.29, 0.717) is 12.3 Å². The normalized spacial score (nSPS) is 11.6. The average Bonchev–Trinajstić information content (AvgIpc) is 2.07. The molecule has 0 amide bonds. The maximum absolute atomic E-state index is 11.2. The third kappa shape index (κ3) is 2.62. The summed E-state index contributed by atoms with van der Waals surface area (Å²) in [6.07, 6.45) is 2.45. The SMILES string of the molecule is CS(=O)(=O)c1ccc(=O)n(CCS)c1. The van der Waals surface area contributed by atoms with Gasteiger partial charge in [0.25, 0.3) is 5.56 Å². The molecule has 0 aliphatic carbocycles. The molecule has 0 fully saturated rings. The second-order valence-electron chi connectivity index (χ2n) is 2.89. The average molecular weight is 233 g/mol. The number of hydrogen-bond donors (Lipinski definition) is 1. The molecule has 0 aliphatic rings. The summed E-state index contributed by atoms with van der Waals surface area (Å²) in [6.45, 7) is 0.408. The van der Waals surface area contributed by atoms with Gasteiger partial charge in [0.1, 0.15) is 0 Å². The Hall–Kier alpha value is -0.750. The topological polar surface area (TPSA) is 56.1 Å². The van der Waals surface area contributed by atoms with Crippen LogP contribution in [-0.4, -0.2) is 25.0 Å². The lowest BCUT2D eigenvalue weighted by Gasteiger charge is -2.04. The van der Waals surface area contributed by atoms with E-state index < -0.39 is 9.84 Å².